The molecule has 2 heterocycles. The molecule has 0 spiro atoms. The van der Waals surface area contributed by atoms with Crippen LogP contribution in [-0.4, -0.2) is 10.7 Å². The Morgan fingerprint density at radius 3 is 1.62 bits per heavy atom. The topological polar surface area (TPSA) is 17.4 Å². The highest BCUT2D eigenvalue weighted by Crippen LogP contribution is 2.48. The van der Waals surface area contributed by atoms with Crippen LogP contribution >= 0.6 is 0 Å². The number of allylic oxidation sites excluding steroid dienone is 2. The second-order valence-corrected chi connectivity index (χ2v) is 16.3. The summed E-state index contributed by atoms with van der Waals surface area (Å²) in [6.45, 7) is 0. The number of hydrogen-bond donors (Lipinski definition) is 0. The Kier molecular flexibility index (Phi) is 8.97. The van der Waals surface area contributed by atoms with Gasteiger partial charge in [-0.05, 0) is 82.4 Å². The van der Waals surface area contributed by atoms with Gasteiger partial charge in [0.25, 0.3) is 0 Å². The fraction of sp³-hybridized carbons (Fsp3) is 0.0333. The first-order valence-corrected chi connectivity index (χ1v) is 21.8. The minimum Gasteiger partial charge on any atom is -0.484 e. The zero-order valence-corrected chi connectivity index (χ0v) is 34.6. The molecule has 3 nitrogen and oxygen atoms in total. The Bertz CT molecular complexity index is 3320. The van der Waals surface area contributed by atoms with Crippen LogP contribution in [0, 0.1) is 0 Å². The van der Waals surface area contributed by atoms with Gasteiger partial charge in [-0.25, -0.2) is 0 Å². The Hall–Kier alpha value is -8.14. The Balaban J connectivity index is 0.990. The van der Waals surface area contributed by atoms with E-state index in [0.717, 1.165) is 50.8 Å². The summed E-state index contributed by atoms with van der Waals surface area (Å²) in [6, 6.07) is 79.1. The quantitative estimate of drug-likeness (QED) is 0.152. The Morgan fingerprint density at radius 2 is 0.905 bits per heavy atom. The average molecular weight is 807 g/mol. The highest BCUT2D eigenvalue weighted by atomic mass is 16.5. The second-order valence-electron chi connectivity index (χ2n) is 16.3. The number of anilines is 3. The number of benzene rings is 9. The van der Waals surface area contributed by atoms with Gasteiger partial charge in [0.2, 0.25) is 0 Å². The second kappa shape index (κ2) is 15.4. The molecule has 298 valence electrons. The molecule has 9 aromatic carbocycles. The molecule has 2 aliphatic rings. The van der Waals surface area contributed by atoms with Gasteiger partial charge in [-0.2, -0.15) is 0 Å². The van der Waals surface area contributed by atoms with E-state index in [1.165, 1.54) is 49.6 Å². The van der Waals surface area contributed by atoms with Gasteiger partial charge in [-0.1, -0.05) is 188 Å². The molecule has 0 bridgehead atoms. The van der Waals surface area contributed by atoms with E-state index >= 15 is 0 Å². The van der Waals surface area contributed by atoms with Crippen molar-refractivity contribution in [1.29, 1.82) is 0 Å². The van der Waals surface area contributed by atoms with Crippen molar-refractivity contribution >= 4 is 38.9 Å². The molecule has 3 heteroatoms. The summed E-state index contributed by atoms with van der Waals surface area (Å²) in [5.74, 6) is 1.22. The SMILES string of the molecule is C1=CC2Oc3c(-c4ccc(N(c5ccc(-c6ccccc6-n6c7ccccc7c7ccccc76)cc5)c5ccccc5-c5ccccc5-c5ccccc5)cc4)cccc3C2C=C1. The van der Waals surface area contributed by atoms with E-state index in [-0.39, 0.29) is 12.0 Å². The third kappa shape index (κ3) is 6.28. The van der Waals surface area contributed by atoms with Crippen LogP contribution in [0.5, 0.6) is 5.75 Å². The molecule has 1 aromatic heterocycles. The molecular weight excluding hydrogens is 765 g/mol. The maximum atomic E-state index is 6.60. The molecule has 2 unspecified atom stereocenters. The van der Waals surface area contributed by atoms with Crippen molar-refractivity contribution in [2.24, 2.45) is 0 Å². The molecule has 12 rings (SSSR count). The smallest absolute Gasteiger partial charge is 0.132 e. The van der Waals surface area contributed by atoms with Crippen LogP contribution in [0.15, 0.2) is 243 Å². The van der Waals surface area contributed by atoms with Crippen molar-refractivity contribution in [3.8, 4) is 55.9 Å². The Morgan fingerprint density at radius 1 is 0.381 bits per heavy atom. The maximum absolute atomic E-state index is 6.60. The number of hydrogen-bond acceptors (Lipinski definition) is 2. The standard InChI is InChI=1S/C60H42N2O/c1-2-17-41(18-3-1)46-19-4-5-21-49(46)50-22-7-12-29-56(50)61(45-39-35-43(36-40-45)48-26-16-27-54-53-25-10-15-32-59(53)63-60(48)54)44-37-33-42(34-38-44)47-20-6-11-28-55(47)62-57-30-13-8-23-51(57)52-24-9-14-31-58(52)62/h1-40,53,59H. The van der Waals surface area contributed by atoms with Crippen LogP contribution < -0.4 is 9.64 Å². The van der Waals surface area contributed by atoms with Crippen molar-refractivity contribution in [3.63, 3.8) is 0 Å². The predicted molar refractivity (Wildman–Crippen MR) is 263 cm³/mol. The lowest BCUT2D eigenvalue weighted by Gasteiger charge is -2.29. The fourth-order valence-electron chi connectivity index (χ4n) is 9.88. The van der Waals surface area contributed by atoms with E-state index < -0.39 is 0 Å². The van der Waals surface area contributed by atoms with E-state index in [2.05, 4.69) is 252 Å². The first kappa shape index (κ1) is 36.7. The van der Waals surface area contributed by atoms with Crippen molar-refractivity contribution < 1.29 is 4.74 Å². The predicted octanol–water partition coefficient (Wildman–Crippen LogP) is 15.9. The van der Waals surface area contributed by atoms with Crippen LogP contribution in [0.1, 0.15) is 11.5 Å². The van der Waals surface area contributed by atoms with Crippen LogP contribution in [0.4, 0.5) is 17.1 Å². The molecule has 0 saturated heterocycles. The molecule has 0 saturated carbocycles. The first-order valence-electron chi connectivity index (χ1n) is 21.8. The molecule has 2 atom stereocenters. The fourth-order valence-corrected chi connectivity index (χ4v) is 9.88. The third-order valence-corrected chi connectivity index (χ3v) is 12.8. The zero-order chi connectivity index (χ0) is 41.7. The molecule has 0 fully saturated rings. The highest BCUT2D eigenvalue weighted by molar-refractivity contribution is 6.09. The summed E-state index contributed by atoms with van der Waals surface area (Å²) in [6.07, 6.45) is 8.67. The minimum atomic E-state index is 0.0353. The monoisotopic (exact) mass is 806 g/mol. The summed E-state index contributed by atoms with van der Waals surface area (Å²) < 4.78 is 9.01. The van der Waals surface area contributed by atoms with Gasteiger partial charge in [-0.15, -0.1) is 0 Å². The zero-order valence-electron chi connectivity index (χ0n) is 34.6. The molecular formula is C60H42N2O. The molecule has 1 aliphatic heterocycles. The summed E-state index contributed by atoms with van der Waals surface area (Å²) in [5, 5.41) is 2.51. The van der Waals surface area contributed by atoms with Crippen molar-refractivity contribution in [1.82, 2.24) is 4.57 Å². The summed E-state index contributed by atoms with van der Waals surface area (Å²) in [4.78, 5) is 2.40. The third-order valence-electron chi connectivity index (χ3n) is 12.8. The molecule has 0 N–H and O–H groups in total. The first-order chi connectivity index (χ1) is 31.3. The van der Waals surface area contributed by atoms with E-state index in [0.29, 0.717) is 0 Å². The molecule has 63 heavy (non-hydrogen) atoms. The van der Waals surface area contributed by atoms with Crippen molar-refractivity contribution in [2.45, 2.75) is 12.0 Å². The van der Waals surface area contributed by atoms with E-state index in [1.54, 1.807) is 0 Å². The highest BCUT2D eigenvalue weighted by Gasteiger charge is 2.33. The van der Waals surface area contributed by atoms with Gasteiger partial charge in [0.15, 0.2) is 0 Å². The molecule has 10 aromatic rings. The minimum absolute atomic E-state index is 0.0353. The van der Waals surface area contributed by atoms with E-state index in [1.807, 2.05) is 0 Å². The largest absolute Gasteiger partial charge is 0.484 e. The Labute approximate surface area is 367 Å². The summed E-state index contributed by atoms with van der Waals surface area (Å²) in [7, 11) is 0. The lowest BCUT2D eigenvalue weighted by atomic mass is 9.90. The number of aromatic nitrogens is 1. The van der Waals surface area contributed by atoms with Crippen LogP contribution in [0.3, 0.4) is 0 Å². The normalized spacial score (nSPS) is 15.0. The van der Waals surface area contributed by atoms with Gasteiger partial charge in [-0.3, -0.25) is 0 Å². The lowest BCUT2D eigenvalue weighted by molar-refractivity contribution is 0.270. The van der Waals surface area contributed by atoms with Crippen molar-refractivity contribution in [2.75, 3.05) is 4.90 Å². The number of rotatable bonds is 8. The number of nitrogens with zero attached hydrogens (tertiary/aromatic N) is 2. The number of fused-ring (bicyclic) bond motifs is 6. The van der Waals surface area contributed by atoms with Gasteiger partial charge in [0, 0.05) is 50.3 Å². The number of para-hydroxylation sites is 5. The lowest BCUT2D eigenvalue weighted by Crippen LogP contribution is -2.15. The summed E-state index contributed by atoms with van der Waals surface area (Å²) >= 11 is 0. The maximum Gasteiger partial charge on any atom is 0.132 e. The van der Waals surface area contributed by atoms with Gasteiger partial charge in [0.1, 0.15) is 11.9 Å². The van der Waals surface area contributed by atoms with Gasteiger partial charge < -0.3 is 14.2 Å². The number of ether oxygens (including phenoxy) is 1. The molecule has 0 radical (unpaired) electrons. The van der Waals surface area contributed by atoms with Gasteiger partial charge in [0.05, 0.1) is 22.4 Å². The van der Waals surface area contributed by atoms with E-state index in [9.17, 15) is 0 Å². The van der Waals surface area contributed by atoms with Crippen LogP contribution in [0.25, 0.3) is 72.0 Å². The molecule has 0 amide bonds. The average Bonchev–Trinajstić information content (AvgIpc) is 3.91. The van der Waals surface area contributed by atoms with Crippen molar-refractivity contribution in [3.05, 3.63) is 248 Å². The van der Waals surface area contributed by atoms with E-state index in [4.69, 9.17) is 4.74 Å². The van der Waals surface area contributed by atoms with Crippen LogP contribution in [0.2, 0.25) is 0 Å². The molecule has 1 aliphatic carbocycles. The summed E-state index contributed by atoms with van der Waals surface area (Å²) in [5.41, 5.74) is 17.3. The van der Waals surface area contributed by atoms with Crippen LogP contribution in [-0.2, 0) is 0 Å². The van der Waals surface area contributed by atoms with Gasteiger partial charge >= 0.3 is 0 Å².